The van der Waals surface area contributed by atoms with Crippen LogP contribution in [0, 0.1) is 11.8 Å². The Labute approximate surface area is 436 Å². The summed E-state index contributed by atoms with van der Waals surface area (Å²) in [5, 5.41) is 41.1. The third-order valence-corrected chi connectivity index (χ3v) is 12.9. The van der Waals surface area contributed by atoms with Gasteiger partial charge < -0.3 is 74.9 Å². The number of benzene rings is 2. The van der Waals surface area contributed by atoms with Crippen molar-refractivity contribution in [3.8, 4) is 0 Å². The Kier molecular flexibility index (Phi) is 25.3. The fraction of sp³-hybridized carbons (Fsp3) is 0.529. The Morgan fingerprint density at radius 2 is 1.07 bits per heavy atom. The molecule has 9 amide bonds. The minimum Gasteiger partial charge on any atom is -0.480 e. The molecule has 11 atom stereocenters. The number of nitrogens with two attached hydrogens (primary N) is 3. The van der Waals surface area contributed by atoms with Gasteiger partial charge in [-0.25, -0.2) is 0 Å². The first-order chi connectivity index (χ1) is 35.5. The molecule has 17 N–H and O–H groups in total. The first kappa shape index (κ1) is 61.9. The van der Waals surface area contributed by atoms with Crippen LogP contribution in [-0.4, -0.2) is 142 Å². The molecule has 0 bridgehead atoms. The van der Waals surface area contributed by atoms with E-state index >= 15 is 0 Å². The van der Waals surface area contributed by atoms with Gasteiger partial charge >= 0.3 is 5.97 Å². The number of hydrogen-bond acceptors (Lipinski definition) is 13. The monoisotopic (exact) mass is 1050 g/mol. The number of para-hydroxylation sites is 1. The van der Waals surface area contributed by atoms with Crippen LogP contribution in [-0.2, 0) is 60.8 Å². The van der Waals surface area contributed by atoms with E-state index in [1.807, 2.05) is 0 Å². The van der Waals surface area contributed by atoms with Crippen molar-refractivity contribution in [1.82, 2.24) is 47.5 Å². The molecule has 0 radical (unpaired) electrons. The summed E-state index contributed by atoms with van der Waals surface area (Å²) in [7, 11) is 0. The number of fused-ring (bicyclic) bond motifs is 1. The molecule has 0 saturated carbocycles. The highest BCUT2D eigenvalue weighted by atomic mass is 16.4. The van der Waals surface area contributed by atoms with E-state index in [1.165, 1.54) is 13.8 Å². The van der Waals surface area contributed by atoms with E-state index in [1.54, 1.807) is 88.5 Å². The summed E-state index contributed by atoms with van der Waals surface area (Å²) in [5.41, 5.74) is 18.8. The number of unbranched alkanes of at least 4 members (excludes halogenated alkanes) is 1. The van der Waals surface area contributed by atoms with Crippen LogP contribution in [0.2, 0.25) is 0 Å². The molecule has 0 fully saturated rings. The minimum absolute atomic E-state index is 0.0110. The van der Waals surface area contributed by atoms with Crippen LogP contribution < -0.4 is 59.7 Å². The fourth-order valence-electron chi connectivity index (χ4n) is 7.82. The SMILES string of the molecule is CC[C@H](C)[C@H](NC(=O)[C@H](C)NC(=O)[C@H](Cc1ccccc1)NC(=O)[C@@H](NC(=O)[C@@H](N)CC(N)=O)[C@@H](C)CC)C(=O)N[C@@H](CCCCN)C(=O)N[C@@H](CO)C(=O)N[C@@H](Cc1c[nH]c2ccccc12)C(=O)N[C@@H](C)C(=O)O. The Balaban J connectivity index is 1.81. The standard InChI is InChI=1S/C51H76N12O12/c1-7-27(3)41(62-43(66)29(5)56-46(69)37(22-31-16-10-9-11-17-31)60-50(73)42(28(4)8-2)63-44(67)34(53)24-40(54)65)49(72)58-36(20-14-15-21-52)45(68)61-39(26-64)48(71)59-38(47(70)57-30(6)51(74)75)23-32-25-55-35-19-13-12-18-33(32)35/h9-13,16-19,25,27-30,34,36-39,41-42,55,64H,7-8,14-15,20-24,26,52-53H2,1-6H3,(H2,54,65)(H,56,69)(H,57,70)(H,58,72)(H,59,71)(H,60,73)(H,61,68)(H,62,66)(H,63,67)(H,74,75)/t27-,28-,29-,30-,34-,36-,37-,38-,39-,41-,42-/m0/s1. The quantitative estimate of drug-likeness (QED) is 0.0313. The second-order valence-corrected chi connectivity index (χ2v) is 18.8. The van der Waals surface area contributed by atoms with Crippen molar-refractivity contribution in [2.45, 2.75) is 147 Å². The molecular weight excluding hydrogens is 973 g/mol. The summed E-state index contributed by atoms with van der Waals surface area (Å²) in [6.07, 6.45) is 2.60. The maximum Gasteiger partial charge on any atom is 0.325 e. The molecule has 0 aliphatic carbocycles. The first-order valence-electron chi connectivity index (χ1n) is 25.1. The molecular formula is C51H76N12O12. The highest BCUT2D eigenvalue weighted by molar-refractivity contribution is 5.98. The number of aliphatic hydroxyl groups is 1. The average Bonchev–Trinajstić information content (AvgIpc) is 3.79. The molecule has 0 spiro atoms. The molecule has 1 aromatic heterocycles. The number of H-pyrrole nitrogens is 1. The summed E-state index contributed by atoms with van der Waals surface area (Å²) in [5.74, 6) is -9.77. The summed E-state index contributed by atoms with van der Waals surface area (Å²) >= 11 is 0. The number of hydrogen-bond donors (Lipinski definition) is 14. The minimum atomic E-state index is -1.65. The van der Waals surface area contributed by atoms with E-state index in [4.69, 9.17) is 17.2 Å². The van der Waals surface area contributed by atoms with Crippen LogP contribution in [0.5, 0.6) is 0 Å². The third-order valence-electron chi connectivity index (χ3n) is 12.9. The van der Waals surface area contributed by atoms with Crippen molar-refractivity contribution in [2.24, 2.45) is 29.0 Å². The lowest BCUT2D eigenvalue weighted by Crippen LogP contribution is -2.61. The van der Waals surface area contributed by atoms with Crippen LogP contribution in [0.25, 0.3) is 10.9 Å². The summed E-state index contributed by atoms with van der Waals surface area (Å²) < 4.78 is 0. The molecule has 24 heteroatoms. The van der Waals surface area contributed by atoms with Crippen LogP contribution in [0.3, 0.4) is 0 Å². The van der Waals surface area contributed by atoms with Gasteiger partial charge in [0.25, 0.3) is 0 Å². The first-order valence-corrected chi connectivity index (χ1v) is 25.1. The number of aliphatic hydroxyl groups excluding tert-OH is 1. The van der Waals surface area contributed by atoms with Gasteiger partial charge in [0.1, 0.15) is 48.3 Å². The van der Waals surface area contributed by atoms with Gasteiger partial charge in [-0.05, 0) is 68.7 Å². The van der Waals surface area contributed by atoms with Gasteiger partial charge in [-0.15, -0.1) is 0 Å². The van der Waals surface area contributed by atoms with Crippen molar-refractivity contribution >= 4 is 70.0 Å². The number of carboxylic acid groups (broad SMARTS) is 1. The predicted molar refractivity (Wildman–Crippen MR) is 277 cm³/mol. The smallest absolute Gasteiger partial charge is 0.325 e. The number of amides is 9. The van der Waals surface area contributed by atoms with Gasteiger partial charge in [-0.3, -0.25) is 47.9 Å². The highest BCUT2D eigenvalue weighted by Crippen LogP contribution is 2.20. The van der Waals surface area contributed by atoms with E-state index in [0.717, 1.165) is 10.9 Å². The number of carboxylic acids is 1. The Morgan fingerprint density at radius 3 is 1.63 bits per heavy atom. The lowest BCUT2D eigenvalue weighted by Gasteiger charge is -2.29. The van der Waals surface area contributed by atoms with E-state index in [-0.39, 0.29) is 25.8 Å². The highest BCUT2D eigenvalue weighted by Gasteiger charge is 2.36. The van der Waals surface area contributed by atoms with Gasteiger partial charge in [0.05, 0.1) is 19.1 Å². The zero-order valence-corrected chi connectivity index (χ0v) is 43.4. The van der Waals surface area contributed by atoms with Crippen molar-refractivity contribution < 1.29 is 58.2 Å². The van der Waals surface area contributed by atoms with Gasteiger partial charge in [-0.2, -0.15) is 0 Å². The zero-order chi connectivity index (χ0) is 55.9. The zero-order valence-electron chi connectivity index (χ0n) is 43.4. The summed E-state index contributed by atoms with van der Waals surface area (Å²) in [6.45, 7) is 8.86. The van der Waals surface area contributed by atoms with Crippen LogP contribution in [0.15, 0.2) is 60.8 Å². The number of aromatic amines is 1. The number of aliphatic carboxylic acids is 1. The number of aromatic nitrogens is 1. The number of primary amides is 1. The van der Waals surface area contributed by atoms with Gasteiger partial charge in [-0.1, -0.05) is 89.1 Å². The number of nitrogens with one attached hydrogen (secondary N) is 9. The molecule has 3 aromatic rings. The predicted octanol–water partition coefficient (Wildman–Crippen LogP) is -1.63. The third kappa shape index (κ3) is 19.4. The topological polar surface area (TPSA) is 401 Å². The van der Waals surface area contributed by atoms with E-state index < -0.39 is 138 Å². The van der Waals surface area contributed by atoms with Crippen molar-refractivity contribution in [1.29, 1.82) is 0 Å². The molecule has 1 heterocycles. The van der Waals surface area contributed by atoms with Crippen molar-refractivity contribution in [3.05, 3.63) is 71.9 Å². The molecule has 0 saturated heterocycles. The van der Waals surface area contributed by atoms with Gasteiger partial charge in [0.2, 0.25) is 53.2 Å². The molecule has 3 rings (SSSR count). The Hall–Kier alpha value is -7.44. The van der Waals surface area contributed by atoms with Crippen molar-refractivity contribution in [2.75, 3.05) is 13.2 Å². The maximum atomic E-state index is 14.2. The van der Waals surface area contributed by atoms with E-state index in [2.05, 4.69) is 47.5 Å². The number of rotatable bonds is 32. The van der Waals surface area contributed by atoms with Gasteiger partial charge in [0, 0.05) is 29.9 Å². The van der Waals surface area contributed by atoms with Crippen molar-refractivity contribution in [3.63, 3.8) is 0 Å². The van der Waals surface area contributed by atoms with E-state index in [0.29, 0.717) is 36.8 Å². The number of carbonyl (C=O) groups excluding carboxylic acids is 9. The molecule has 0 aliphatic rings. The lowest BCUT2D eigenvalue weighted by molar-refractivity contribution is -0.141. The largest absolute Gasteiger partial charge is 0.480 e. The molecule has 0 unspecified atom stereocenters. The second kappa shape index (κ2) is 30.7. The molecule has 75 heavy (non-hydrogen) atoms. The van der Waals surface area contributed by atoms with Crippen LogP contribution in [0.1, 0.15) is 91.2 Å². The normalized spacial score (nSPS) is 15.6. The molecule has 2 aromatic carbocycles. The van der Waals surface area contributed by atoms with Gasteiger partial charge in [0.15, 0.2) is 0 Å². The maximum absolute atomic E-state index is 14.2. The van der Waals surface area contributed by atoms with E-state index in [9.17, 15) is 58.2 Å². The summed E-state index contributed by atoms with van der Waals surface area (Å²) in [6, 6.07) is 3.82. The second-order valence-electron chi connectivity index (χ2n) is 18.8. The average molecular weight is 1050 g/mol. The Bertz CT molecular complexity index is 2440. The summed E-state index contributed by atoms with van der Waals surface area (Å²) in [4.78, 5) is 136. The van der Waals surface area contributed by atoms with Crippen LogP contribution >= 0.6 is 0 Å². The molecule has 0 aliphatic heterocycles. The Morgan fingerprint density at radius 1 is 0.573 bits per heavy atom. The number of carbonyl (C=O) groups is 10. The van der Waals surface area contributed by atoms with Crippen LogP contribution in [0.4, 0.5) is 0 Å². The molecule has 412 valence electrons. The molecule has 24 nitrogen and oxygen atoms in total. The lowest BCUT2D eigenvalue weighted by atomic mass is 9.96. The fourth-order valence-corrected chi connectivity index (χ4v) is 7.82.